The van der Waals surface area contributed by atoms with Crippen LogP contribution in [0.1, 0.15) is 13.8 Å². The van der Waals surface area contributed by atoms with Gasteiger partial charge in [0.15, 0.2) is 6.29 Å². The summed E-state index contributed by atoms with van der Waals surface area (Å²) in [6.07, 6.45) is -22.5. The van der Waals surface area contributed by atoms with Gasteiger partial charge in [0.05, 0.1) is 141 Å². The number of hydrogen-bond donors (Lipinski definition) is 12. The molecule has 69 heavy (non-hydrogen) atoms. The molecular formula is C44H78O25. The number of aliphatic hydroxyl groups is 12. The summed E-state index contributed by atoms with van der Waals surface area (Å²) in [5, 5.41) is 130. The van der Waals surface area contributed by atoms with Crippen molar-refractivity contribution in [1.82, 2.24) is 0 Å². The Balaban J connectivity index is 1.01. The molecular weight excluding hydrogens is 928 g/mol. The summed E-state index contributed by atoms with van der Waals surface area (Å²) in [7, 11) is 2.90. The van der Waals surface area contributed by atoms with Crippen molar-refractivity contribution in [2.24, 2.45) is 29.6 Å². The molecule has 25 nitrogen and oxygen atoms in total. The second-order valence-corrected chi connectivity index (χ2v) is 19.1. The maximum atomic E-state index is 11.5. The minimum atomic E-state index is -1.51. The quantitative estimate of drug-likeness (QED) is 0.0453. The Labute approximate surface area is 400 Å². The second kappa shape index (κ2) is 27.0. The molecule has 6 aliphatic rings. The van der Waals surface area contributed by atoms with Crippen LogP contribution in [0.15, 0.2) is 0 Å². The fourth-order valence-electron chi connectivity index (χ4n) is 10.4. The molecule has 0 amide bonds. The molecule has 0 bridgehead atoms. The van der Waals surface area contributed by atoms with Gasteiger partial charge in [0.1, 0.15) is 73.2 Å². The molecule has 6 saturated heterocycles. The van der Waals surface area contributed by atoms with Gasteiger partial charge in [-0.1, -0.05) is 0 Å². The molecule has 0 aromatic heterocycles. The molecule has 6 heterocycles. The Kier molecular flexibility index (Phi) is 22.4. The Morgan fingerprint density at radius 1 is 0.362 bits per heavy atom. The van der Waals surface area contributed by atoms with Crippen LogP contribution in [0.2, 0.25) is 0 Å². The lowest BCUT2D eigenvalue weighted by Crippen LogP contribution is -2.63. The van der Waals surface area contributed by atoms with Gasteiger partial charge in [0.2, 0.25) is 0 Å². The average Bonchev–Trinajstić information content (AvgIpc) is 3.33. The highest BCUT2D eigenvalue weighted by molar-refractivity contribution is 4.98. The van der Waals surface area contributed by atoms with Gasteiger partial charge >= 0.3 is 0 Å². The van der Waals surface area contributed by atoms with Crippen LogP contribution in [0.5, 0.6) is 0 Å². The van der Waals surface area contributed by atoms with Crippen molar-refractivity contribution >= 4 is 0 Å². The molecule has 0 aromatic carbocycles. The molecule has 6 fully saturated rings. The van der Waals surface area contributed by atoms with Crippen molar-refractivity contribution in [2.75, 3.05) is 107 Å². The van der Waals surface area contributed by atoms with Crippen molar-refractivity contribution < 1.29 is 123 Å². The van der Waals surface area contributed by atoms with Gasteiger partial charge in [-0.25, -0.2) is 0 Å². The molecule has 404 valence electrons. The smallest absolute Gasteiger partial charge is 0.155 e. The third-order valence-corrected chi connectivity index (χ3v) is 14.6. The van der Waals surface area contributed by atoms with E-state index in [1.54, 1.807) is 13.8 Å². The van der Waals surface area contributed by atoms with E-state index in [9.17, 15) is 61.3 Å². The second-order valence-electron chi connectivity index (χ2n) is 19.1. The van der Waals surface area contributed by atoms with E-state index in [1.165, 1.54) is 14.2 Å². The SMILES string of the molecule is COCC1OC(CO)C(COCC2OC(CO)C(O)C(COCC3OC(C)C(COC)C(O)C3O)C2O)C(COCC2OC(CO)C(COCC3OC4COC(C)OC4C(O)C3O)C(O)C2O)C1O. The normalized spacial score (nSPS) is 47.5. The number of hydrogen-bond acceptors (Lipinski definition) is 25. The molecule has 0 aromatic rings. The lowest BCUT2D eigenvalue weighted by atomic mass is 9.79. The van der Waals surface area contributed by atoms with Crippen LogP contribution < -0.4 is 0 Å². The minimum absolute atomic E-state index is 0.0358. The van der Waals surface area contributed by atoms with E-state index in [2.05, 4.69) is 0 Å². The summed E-state index contributed by atoms with van der Waals surface area (Å²) in [6.45, 7) is 0.227. The summed E-state index contributed by atoms with van der Waals surface area (Å²) in [4.78, 5) is 0. The highest BCUT2D eigenvalue weighted by atomic mass is 16.7. The van der Waals surface area contributed by atoms with E-state index < -0.39 is 178 Å². The van der Waals surface area contributed by atoms with Crippen LogP contribution in [-0.4, -0.2) is 296 Å². The first-order chi connectivity index (χ1) is 33.1. The van der Waals surface area contributed by atoms with Crippen molar-refractivity contribution in [3.63, 3.8) is 0 Å². The van der Waals surface area contributed by atoms with Gasteiger partial charge in [-0.05, 0) is 13.8 Å². The molecule has 25 heteroatoms. The van der Waals surface area contributed by atoms with E-state index in [1.807, 2.05) is 0 Å². The van der Waals surface area contributed by atoms with Crippen molar-refractivity contribution in [2.45, 2.75) is 142 Å². The first kappa shape index (κ1) is 57.3. The highest BCUT2D eigenvalue weighted by Crippen LogP contribution is 2.35. The molecule has 6 aliphatic heterocycles. The Hall–Kier alpha value is -1.00. The summed E-state index contributed by atoms with van der Waals surface area (Å²) in [5.41, 5.74) is 0. The number of fused-ring (bicyclic) bond motifs is 1. The summed E-state index contributed by atoms with van der Waals surface area (Å²) in [6, 6.07) is 0. The monoisotopic (exact) mass is 1010 g/mol. The predicted octanol–water partition coefficient (Wildman–Crippen LogP) is -6.73. The Morgan fingerprint density at radius 3 is 1.36 bits per heavy atom. The first-order valence-electron chi connectivity index (χ1n) is 23.9. The number of aliphatic hydroxyl groups excluding tert-OH is 12. The topological polar surface area (TPSA) is 363 Å². The molecule has 0 radical (unpaired) electrons. The van der Waals surface area contributed by atoms with E-state index in [4.69, 9.17) is 61.6 Å². The van der Waals surface area contributed by atoms with E-state index in [-0.39, 0.29) is 72.7 Å². The fourth-order valence-corrected chi connectivity index (χ4v) is 10.4. The predicted molar refractivity (Wildman–Crippen MR) is 229 cm³/mol. The number of ether oxygens (including phenoxy) is 13. The zero-order valence-corrected chi connectivity index (χ0v) is 39.6. The maximum absolute atomic E-state index is 11.5. The molecule has 26 unspecified atom stereocenters. The minimum Gasteiger partial charge on any atom is -0.394 e. The van der Waals surface area contributed by atoms with Gasteiger partial charge in [-0.3, -0.25) is 0 Å². The van der Waals surface area contributed by atoms with Gasteiger partial charge in [0.25, 0.3) is 0 Å². The summed E-state index contributed by atoms with van der Waals surface area (Å²) >= 11 is 0. The maximum Gasteiger partial charge on any atom is 0.155 e. The van der Waals surface area contributed by atoms with Gasteiger partial charge in [-0.15, -0.1) is 0 Å². The van der Waals surface area contributed by atoms with Crippen LogP contribution in [-0.2, 0) is 61.6 Å². The summed E-state index contributed by atoms with van der Waals surface area (Å²) < 4.78 is 74.7. The molecule has 26 atom stereocenters. The third kappa shape index (κ3) is 13.7. The summed E-state index contributed by atoms with van der Waals surface area (Å²) in [5.74, 6) is -3.90. The first-order valence-corrected chi connectivity index (χ1v) is 23.9. The van der Waals surface area contributed by atoms with E-state index in [0.717, 1.165) is 0 Å². The standard InChI is InChI=1S/C44H78O25/c1-19-21(8-57-3)38(51)40(53)31(64-19)15-62-12-25-36(49)28(7-47)68-30(37(25)50)14-59-9-22-23(35(48)29(13-58-4)66-26(22)5-45)10-60-16-32-41(54)39(52)24(27(6-46)67-32)11-61-17-33-42(55)43(56)44-34(69-33)18-63-20(2)65-44/h19-56H,5-18H2,1-4H3. The number of rotatable bonds is 23. The zero-order valence-electron chi connectivity index (χ0n) is 39.6. The van der Waals surface area contributed by atoms with Gasteiger partial charge in [-0.2, -0.15) is 0 Å². The average molecular weight is 1010 g/mol. The van der Waals surface area contributed by atoms with Crippen molar-refractivity contribution in [3.05, 3.63) is 0 Å². The van der Waals surface area contributed by atoms with Crippen molar-refractivity contribution in [3.8, 4) is 0 Å². The number of methoxy groups -OCH3 is 2. The van der Waals surface area contributed by atoms with Gasteiger partial charge in [0, 0.05) is 43.8 Å². The Morgan fingerprint density at radius 2 is 0.783 bits per heavy atom. The molecule has 12 N–H and O–H groups in total. The van der Waals surface area contributed by atoms with Crippen LogP contribution in [0.4, 0.5) is 0 Å². The molecule has 0 aliphatic carbocycles. The fraction of sp³-hybridized carbons (Fsp3) is 1.00. The molecule has 0 saturated carbocycles. The largest absolute Gasteiger partial charge is 0.394 e. The van der Waals surface area contributed by atoms with E-state index in [0.29, 0.717) is 0 Å². The van der Waals surface area contributed by atoms with Crippen LogP contribution >= 0.6 is 0 Å². The lowest BCUT2D eigenvalue weighted by Gasteiger charge is -2.46. The van der Waals surface area contributed by atoms with Crippen LogP contribution in [0.3, 0.4) is 0 Å². The zero-order chi connectivity index (χ0) is 50.1. The Bertz CT molecular complexity index is 1470. The van der Waals surface area contributed by atoms with Gasteiger partial charge < -0.3 is 123 Å². The van der Waals surface area contributed by atoms with Crippen molar-refractivity contribution in [1.29, 1.82) is 0 Å². The van der Waals surface area contributed by atoms with Crippen LogP contribution in [0, 0.1) is 29.6 Å². The lowest BCUT2D eigenvalue weighted by molar-refractivity contribution is -0.324. The van der Waals surface area contributed by atoms with Crippen LogP contribution in [0.25, 0.3) is 0 Å². The highest BCUT2D eigenvalue weighted by Gasteiger charge is 2.51. The molecule has 0 spiro atoms. The van der Waals surface area contributed by atoms with E-state index >= 15 is 0 Å². The third-order valence-electron chi connectivity index (χ3n) is 14.6. The molecule has 6 rings (SSSR count).